The van der Waals surface area contributed by atoms with Crippen molar-refractivity contribution in [2.24, 2.45) is 0 Å². The van der Waals surface area contributed by atoms with E-state index in [1.807, 2.05) is 19.2 Å². The van der Waals surface area contributed by atoms with Crippen LogP contribution in [-0.2, 0) is 6.54 Å². The first kappa shape index (κ1) is 14.6. The third kappa shape index (κ3) is 3.41. The molecule has 1 unspecified atom stereocenters. The average Bonchev–Trinajstić information content (AvgIpc) is 2.39. The van der Waals surface area contributed by atoms with E-state index in [0.29, 0.717) is 6.04 Å². The van der Waals surface area contributed by atoms with Crippen molar-refractivity contribution in [3.8, 4) is 0 Å². The molecular weight excluding hydrogens is 258 g/mol. The third-order valence-corrected chi connectivity index (χ3v) is 4.19. The molecule has 1 heterocycles. The molecule has 0 aliphatic carbocycles. The molecule has 1 aliphatic rings. The quantitative estimate of drug-likeness (QED) is 0.915. The number of hydrogen-bond donors (Lipinski definition) is 1. The fourth-order valence-corrected chi connectivity index (χ4v) is 3.14. The van der Waals surface area contributed by atoms with E-state index in [1.54, 1.807) is 0 Å². The molecule has 3 nitrogen and oxygen atoms in total. The number of piperidine rings is 1. The fourth-order valence-electron chi connectivity index (χ4n) is 2.83. The lowest BCUT2D eigenvalue weighted by molar-refractivity contribution is 0.258. The molecule has 1 aromatic carbocycles. The van der Waals surface area contributed by atoms with Gasteiger partial charge in [-0.25, -0.2) is 0 Å². The van der Waals surface area contributed by atoms with Crippen LogP contribution in [0.25, 0.3) is 0 Å². The standard InChI is InChI=1S/C15H24ClN3/c1-17-10-12-6-4-8-14(16)15(12)19-9-5-7-13(11-19)18(2)3/h4,6,8,13,17H,5,7,9-11H2,1-3H3. The Bertz CT molecular complexity index is 420. The second kappa shape index (κ2) is 6.60. The van der Waals surface area contributed by atoms with Gasteiger partial charge in [-0.15, -0.1) is 0 Å². The molecule has 0 aromatic heterocycles. The van der Waals surface area contributed by atoms with E-state index >= 15 is 0 Å². The third-order valence-electron chi connectivity index (χ3n) is 3.88. The van der Waals surface area contributed by atoms with E-state index in [-0.39, 0.29) is 0 Å². The predicted octanol–water partition coefficient (Wildman–Crippen LogP) is 2.59. The smallest absolute Gasteiger partial charge is 0.0642 e. The summed E-state index contributed by atoms with van der Waals surface area (Å²) in [5, 5.41) is 4.10. The average molecular weight is 282 g/mol. The van der Waals surface area contributed by atoms with Gasteiger partial charge in [-0.05, 0) is 45.6 Å². The first-order valence-electron chi connectivity index (χ1n) is 6.97. The molecule has 0 spiro atoms. The Balaban J connectivity index is 2.25. The number of para-hydroxylation sites is 1. The zero-order valence-corrected chi connectivity index (χ0v) is 12.9. The van der Waals surface area contributed by atoms with Gasteiger partial charge in [-0.1, -0.05) is 23.7 Å². The molecule has 4 heteroatoms. The highest BCUT2D eigenvalue weighted by molar-refractivity contribution is 6.33. The molecule has 1 aromatic rings. The van der Waals surface area contributed by atoms with E-state index in [0.717, 1.165) is 24.7 Å². The Morgan fingerprint density at radius 2 is 2.21 bits per heavy atom. The summed E-state index contributed by atoms with van der Waals surface area (Å²) in [7, 11) is 6.30. The number of halogens is 1. The molecule has 1 saturated heterocycles. The minimum atomic E-state index is 0.618. The number of hydrogen-bond acceptors (Lipinski definition) is 3. The van der Waals surface area contributed by atoms with Crippen LogP contribution in [0.15, 0.2) is 18.2 Å². The molecular formula is C15H24ClN3. The summed E-state index contributed by atoms with van der Waals surface area (Å²) in [5.41, 5.74) is 2.50. The summed E-state index contributed by atoms with van der Waals surface area (Å²) >= 11 is 6.44. The van der Waals surface area contributed by atoms with Crippen molar-refractivity contribution in [2.45, 2.75) is 25.4 Å². The predicted molar refractivity (Wildman–Crippen MR) is 83.1 cm³/mol. The van der Waals surface area contributed by atoms with Crippen LogP contribution < -0.4 is 10.2 Å². The van der Waals surface area contributed by atoms with E-state index < -0.39 is 0 Å². The Morgan fingerprint density at radius 1 is 1.42 bits per heavy atom. The Labute approximate surface area is 121 Å². The SMILES string of the molecule is CNCc1cccc(Cl)c1N1CCCC(N(C)C)C1. The highest BCUT2D eigenvalue weighted by atomic mass is 35.5. The summed E-state index contributed by atoms with van der Waals surface area (Å²) in [5.74, 6) is 0. The number of anilines is 1. The maximum atomic E-state index is 6.44. The van der Waals surface area contributed by atoms with Gasteiger partial charge in [0.2, 0.25) is 0 Å². The normalized spacial score (nSPS) is 20.1. The first-order chi connectivity index (χ1) is 9.13. The molecule has 0 amide bonds. The molecule has 1 atom stereocenters. The van der Waals surface area contributed by atoms with Crippen LogP contribution >= 0.6 is 11.6 Å². The van der Waals surface area contributed by atoms with E-state index in [2.05, 4.69) is 35.3 Å². The number of benzene rings is 1. The van der Waals surface area contributed by atoms with E-state index in [4.69, 9.17) is 11.6 Å². The Hall–Kier alpha value is -0.770. The summed E-state index contributed by atoms with van der Waals surface area (Å²) in [6.07, 6.45) is 2.50. The first-order valence-corrected chi connectivity index (χ1v) is 7.34. The van der Waals surface area contributed by atoms with Gasteiger partial charge in [0.1, 0.15) is 0 Å². The number of likely N-dealkylation sites (N-methyl/N-ethyl adjacent to an activating group) is 1. The highest BCUT2D eigenvalue weighted by Gasteiger charge is 2.24. The topological polar surface area (TPSA) is 18.5 Å². The molecule has 106 valence electrons. The molecule has 0 saturated carbocycles. The van der Waals surface area contributed by atoms with Gasteiger partial charge in [0.15, 0.2) is 0 Å². The lowest BCUT2D eigenvalue weighted by atomic mass is 10.0. The number of nitrogens with zero attached hydrogens (tertiary/aromatic N) is 2. The molecule has 1 aliphatic heterocycles. The minimum absolute atomic E-state index is 0.618. The van der Waals surface area contributed by atoms with Crippen LogP contribution in [0.4, 0.5) is 5.69 Å². The van der Waals surface area contributed by atoms with Crippen LogP contribution in [0, 0.1) is 0 Å². The van der Waals surface area contributed by atoms with Gasteiger partial charge < -0.3 is 15.1 Å². The summed E-state index contributed by atoms with van der Waals surface area (Å²) < 4.78 is 0. The van der Waals surface area contributed by atoms with Gasteiger partial charge in [0, 0.05) is 25.7 Å². The van der Waals surface area contributed by atoms with Gasteiger partial charge in [0.25, 0.3) is 0 Å². The second-order valence-corrected chi connectivity index (χ2v) is 5.89. The van der Waals surface area contributed by atoms with Crippen LogP contribution in [-0.4, -0.2) is 45.2 Å². The maximum Gasteiger partial charge on any atom is 0.0642 e. The van der Waals surface area contributed by atoms with Crippen molar-refractivity contribution in [3.63, 3.8) is 0 Å². The molecule has 19 heavy (non-hydrogen) atoms. The van der Waals surface area contributed by atoms with Crippen LogP contribution in [0.3, 0.4) is 0 Å². The summed E-state index contributed by atoms with van der Waals surface area (Å²) in [6, 6.07) is 6.81. The maximum absolute atomic E-state index is 6.44. The van der Waals surface area contributed by atoms with Gasteiger partial charge >= 0.3 is 0 Å². The second-order valence-electron chi connectivity index (χ2n) is 5.48. The van der Waals surface area contributed by atoms with Crippen molar-refractivity contribution in [3.05, 3.63) is 28.8 Å². The molecule has 0 bridgehead atoms. The van der Waals surface area contributed by atoms with Crippen molar-refractivity contribution >= 4 is 17.3 Å². The van der Waals surface area contributed by atoms with E-state index in [1.165, 1.54) is 24.1 Å². The monoisotopic (exact) mass is 281 g/mol. The van der Waals surface area contributed by atoms with Crippen LogP contribution in [0.1, 0.15) is 18.4 Å². The zero-order valence-electron chi connectivity index (χ0n) is 12.1. The highest BCUT2D eigenvalue weighted by Crippen LogP contribution is 2.32. The molecule has 1 fully saturated rings. The van der Waals surface area contributed by atoms with Gasteiger partial charge in [-0.2, -0.15) is 0 Å². The van der Waals surface area contributed by atoms with Gasteiger partial charge in [-0.3, -0.25) is 0 Å². The van der Waals surface area contributed by atoms with Crippen LogP contribution in [0.2, 0.25) is 5.02 Å². The van der Waals surface area contributed by atoms with Crippen molar-refractivity contribution < 1.29 is 0 Å². The summed E-state index contributed by atoms with van der Waals surface area (Å²) in [6.45, 7) is 3.03. The lowest BCUT2D eigenvalue weighted by Crippen LogP contribution is -2.45. The molecule has 2 rings (SSSR count). The van der Waals surface area contributed by atoms with Crippen molar-refractivity contribution in [2.75, 3.05) is 39.1 Å². The van der Waals surface area contributed by atoms with Crippen LogP contribution in [0.5, 0.6) is 0 Å². The molecule has 0 radical (unpaired) electrons. The Kier molecular flexibility index (Phi) is 5.08. The van der Waals surface area contributed by atoms with E-state index in [9.17, 15) is 0 Å². The fraction of sp³-hybridized carbons (Fsp3) is 0.600. The minimum Gasteiger partial charge on any atom is -0.368 e. The van der Waals surface area contributed by atoms with Gasteiger partial charge in [0.05, 0.1) is 10.7 Å². The number of rotatable bonds is 4. The lowest BCUT2D eigenvalue weighted by Gasteiger charge is -2.38. The largest absolute Gasteiger partial charge is 0.368 e. The Morgan fingerprint density at radius 3 is 2.89 bits per heavy atom. The van der Waals surface area contributed by atoms with Crippen molar-refractivity contribution in [1.29, 1.82) is 0 Å². The summed E-state index contributed by atoms with van der Waals surface area (Å²) in [4.78, 5) is 4.77. The zero-order chi connectivity index (χ0) is 13.8. The number of nitrogens with one attached hydrogen (secondary N) is 1. The van der Waals surface area contributed by atoms with Crippen molar-refractivity contribution in [1.82, 2.24) is 10.2 Å². The molecule has 1 N–H and O–H groups in total.